The van der Waals surface area contributed by atoms with E-state index >= 15 is 0 Å². The number of halogens is 1. The van der Waals surface area contributed by atoms with E-state index in [1.807, 2.05) is 0 Å². The van der Waals surface area contributed by atoms with E-state index in [0.717, 1.165) is 6.42 Å². The lowest BCUT2D eigenvalue weighted by molar-refractivity contribution is 0.561. The second-order valence-electron chi connectivity index (χ2n) is 3.58. The SMILES string of the molecule is Cc1ccsc1C(Cc1sccc1Br)NN. The molecule has 1 unspecified atom stereocenters. The zero-order valence-corrected chi connectivity index (χ0v) is 12.1. The van der Waals surface area contributed by atoms with Crippen LogP contribution in [0.1, 0.15) is 21.4 Å². The summed E-state index contributed by atoms with van der Waals surface area (Å²) in [5.41, 5.74) is 4.21. The maximum atomic E-state index is 5.65. The summed E-state index contributed by atoms with van der Waals surface area (Å²) in [6.07, 6.45) is 0.927. The van der Waals surface area contributed by atoms with Crippen LogP contribution in [-0.4, -0.2) is 0 Å². The first-order chi connectivity index (χ1) is 7.72. The first kappa shape index (κ1) is 12.3. The summed E-state index contributed by atoms with van der Waals surface area (Å²) in [6.45, 7) is 2.12. The molecular weight excluding hydrogens is 304 g/mol. The molecule has 0 radical (unpaired) electrons. The Bertz CT molecular complexity index is 464. The molecule has 2 aromatic rings. The van der Waals surface area contributed by atoms with E-state index in [9.17, 15) is 0 Å². The Morgan fingerprint density at radius 1 is 1.38 bits per heavy atom. The van der Waals surface area contributed by atoms with Gasteiger partial charge in [0.1, 0.15) is 0 Å². The van der Waals surface area contributed by atoms with Crippen molar-refractivity contribution < 1.29 is 0 Å². The molecule has 16 heavy (non-hydrogen) atoms. The largest absolute Gasteiger partial charge is 0.271 e. The molecule has 86 valence electrons. The standard InChI is InChI=1S/C11H13BrN2S2/c1-7-2-4-16-11(7)9(14-13)6-10-8(12)3-5-15-10/h2-5,9,14H,6,13H2,1H3. The number of hydrogen-bond acceptors (Lipinski definition) is 4. The summed E-state index contributed by atoms with van der Waals surface area (Å²) in [5.74, 6) is 5.65. The van der Waals surface area contributed by atoms with Gasteiger partial charge < -0.3 is 0 Å². The Kier molecular flexibility index (Phi) is 4.16. The zero-order valence-electron chi connectivity index (χ0n) is 8.87. The molecule has 2 heterocycles. The zero-order chi connectivity index (χ0) is 11.5. The molecule has 0 spiro atoms. The highest BCUT2D eigenvalue weighted by atomic mass is 79.9. The maximum Gasteiger partial charge on any atom is 0.0604 e. The Hall–Kier alpha value is -0.200. The average molecular weight is 317 g/mol. The van der Waals surface area contributed by atoms with Crippen LogP contribution < -0.4 is 11.3 Å². The lowest BCUT2D eigenvalue weighted by Crippen LogP contribution is -2.29. The summed E-state index contributed by atoms with van der Waals surface area (Å²) < 4.78 is 1.17. The Morgan fingerprint density at radius 2 is 2.12 bits per heavy atom. The molecule has 0 fully saturated rings. The van der Waals surface area contributed by atoms with Crippen molar-refractivity contribution in [1.82, 2.24) is 5.43 Å². The van der Waals surface area contributed by atoms with E-state index in [-0.39, 0.29) is 6.04 Å². The van der Waals surface area contributed by atoms with E-state index in [1.54, 1.807) is 22.7 Å². The fourth-order valence-corrected chi connectivity index (χ4v) is 4.17. The molecule has 3 N–H and O–H groups in total. The van der Waals surface area contributed by atoms with Gasteiger partial charge in [0, 0.05) is 20.6 Å². The van der Waals surface area contributed by atoms with Gasteiger partial charge in [0.05, 0.1) is 6.04 Å². The van der Waals surface area contributed by atoms with Crippen LogP contribution in [0.5, 0.6) is 0 Å². The van der Waals surface area contributed by atoms with Crippen molar-refractivity contribution in [3.05, 3.63) is 42.7 Å². The molecule has 0 aliphatic carbocycles. The molecule has 0 aliphatic heterocycles. The normalized spacial score (nSPS) is 12.9. The van der Waals surface area contributed by atoms with Gasteiger partial charge in [0.2, 0.25) is 0 Å². The summed E-state index contributed by atoms with van der Waals surface area (Å²) >= 11 is 7.07. The molecule has 5 heteroatoms. The predicted octanol–water partition coefficient (Wildman–Crippen LogP) is 3.63. The summed E-state index contributed by atoms with van der Waals surface area (Å²) in [7, 11) is 0. The third kappa shape index (κ3) is 2.55. The Morgan fingerprint density at radius 3 is 2.62 bits per heavy atom. The van der Waals surface area contributed by atoms with Crippen LogP contribution in [0, 0.1) is 6.92 Å². The van der Waals surface area contributed by atoms with E-state index < -0.39 is 0 Å². The van der Waals surface area contributed by atoms with Crippen LogP contribution in [0.25, 0.3) is 0 Å². The molecule has 0 aliphatic rings. The molecule has 2 nitrogen and oxygen atoms in total. The van der Waals surface area contributed by atoms with Crippen molar-refractivity contribution in [2.24, 2.45) is 5.84 Å². The summed E-state index contributed by atoms with van der Waals surface area (Å²) in [6, 6.07) is 4.41. The van der Waals surface area contributed by atoms with E-state index in [0.29, 0.717) is 0 Å². The molecular formula is C11H13BrN2S2. The number of hydrogen-bond donors (Lipinski definition) is 2. The lowest BCUT2D eigenvalue weighted by atomic mass is 10.1. The van der Waals surface area contributed by atoms with Gasteiger partial charge in [-0.25, -0.2) is 0 Å². The van der Waals surface area contributed by atoms with Crippen LogP contribution in [0.3, 0.4) is 0 Å². The van der Waals surface area contributed by atoms with Gasteiger partial charge in [-0.3, -0.25) is 11.3 Å². The number of nitrogens with two attached hydrogens (primary N) is 1. The minimum Gasteiger partial charge on any atom is -0.271 e. The maximum absolute atomic E-state index is 5.65. The fourth-order valence-electron chi connectivity index (χ4n) is 1.62. The van der Waals surface area contributed by atoms with Gasteiger partial charge in [-0.2, -0.15) is 0 Å². The van der Waals surface area contributed by atoms with Crippen LogP contribution >= 0.6 is 38.6 Å². The fraction of sp³-hybridized carbons (Fsp3) is 0.273. The van der Waals surface area contributed by atoms with Crippen LogP contribution in [-0.2, 0) is 6.42 Å². The molecule has 0 aromatic carbocycles. The van der Waals surface area contributed by atoms with Gasteiger partial charge in [-0.1, -0.05) is 0 Å². The van der Waals surface area contributed by atoms with Gasteiger partial charge in [-0.15, -0.1) is 22.7 Å². The third-order valence-corrected chi connectivity index (χ3v) is 5.58. The Balaban J connectivity index is 2.19. The quantitative estimate of drug-likeness (QED) is 0.667. The summed E-state index contributed by atoms with van der Waals surface area (Å²) in [4.78, 5) is 2.65. The van der Waals surface area contributed by atoms with Gasteiger partial charge in [0.25, 0.3) is 0 Å². The minimum atomic E-state index is 0.204. The monoisotopic (exact) mass is 316 g/mol. The molecule has 0 amide bonds. The predicted molar refractivity (Wildman–Crippen MR) is 74.8 cm³/mol. The molecule has 1 atom stereocenters. The van der Waals surface area contributed by atoms with Crippen molar-refractivity contribution in [3.8, 4) is 0 Å². The van der Waals surface area contributed by atoms with Crippen LogP contribution in [0.2, 0.25) is 0 Å². The molecule has 0 bridgehead atoms. The number of nitrogens with one attached hydrogen (secondary N) is 1. The van der Waals surface area contributed by atoms with E-state index in [2.05, 4.69) is 51.2 Å². The van der Waals surface area contributed by atoms with Crippen molar-refractivity contribution in [2.45, 2.75) is 19.4 Å². The number of rotatable bonds is 4. The van der Waals surface area contributed by atoms with Crippen LogP contribution in [0.4, 0.5) is 0 Å². The highest BCUT2D eigenvalue weighted by molar-refractivity contribution is 9.10. The third-order valence-electron chi connectivity index (χ3n) is 2.50. The van der Waals surface area contributed by atoms with Crippen molar-refractivity contribution in [3.63, 3.8) is 0 Å². The minimum absolute atomic E-state index is 0.204. The Labute approximate surface area is 112 Å². The van der Waals surface area contributed by atoms with Crippen molar-refractivity contribution >= 4 is 38.6 Å². The average Bonchev–Trinajstić information content (AvgIpc) is 2.85. The highest BCUT2D eigenvalue weighted by Crippen LogP contribution is 2.31. The van der Waals surface area contributed by atoms with Crippen molar-refractivity contribution in [1.29, 1.82) is 0 Å². The molecule has 2 rings (SSSR count). The molecule has 0 saturated heterocycles. The number of aryl methyl sites for hydroxylation is 1. The van der Waals surface area contributed by atoms with E-state index in [1.165, 1.54) is 19.8 Å². The van der Waals surface area contributed by atoms with Gasteiger partial charge in [-0.05, 0) is 51.3 Å². The number of thiophene rings is 2. The van der Waals surface area contributed by atoms with E-state index in [4.69, 9.17) is 5.84 Å². The van der Waals surface area contributed by atoms with Gasteiger partial charge in [0.15, 0.2) is 0 Å². The second-order valence-corrected chi connectivity index (χ2v) is 6.39. The smallest absolute Gasteiger partial charge is 0.0604 e. The first-order valence-corrected chi connectivity index (χ1v) is 7.49. The summed E-state index contributed by atoms with van der Waals surface area (Å²) in [5, 5.41) is 4.20. The van der Waals surface area contributed by atoms with Crippen molar-refractivity contribution in [2.75, 3.05) is 0 Å². The second kappa shape index (κ2) is 5.42. The highest BCUT2D eigenvalue weighted by Gasteiger charge is 2.16. The molecule has 0 saturated carbocycles. The molecule has 2 aromatic heterocycles. The topological polar surface area (TPSA) is 38.0 Å². The number of hydrazine groups is 1. The van der Waals surface area contributed by atoms with Crippen LogP contribution in [0.15, 0.2) is 27.4 Å². The first-order valence-electron chi connectivity index (χ1n) is 4.94. The van der Waals surface area contributed by atoms with Gasteiger partial charge >= 0.3 is 0 Å². The lowest BCUT2D eigenvalue weighted by Gasteiger charge is -2.14.